The number of aromatic nitrogens is 5. The first-order chi connectivity index (χ1) is 15.3. The molecule has 6 nitrogen and oxygen atoms in total. The van der Waals surface area contributed by atoms with Crippen molar-refractivity contribution in [2.75, 3.05) is 18.0 Å². The molecular weight excluding hydrogens is 404 g/mol. The Balaban J connectivity index is 1.41. The van der Waals surface area contributed by atoms with Crippen molar-refractivity contribution in [1.29, 1.82) is 0 Å². The Bertz CT molecular complexity index is 1220. The summed E-state index contributed by atoms with van der Waals surface area (Å²) in [5.74, 6) is 2.49. The third-order valence-electron chi connectivity index (χ3n) is 6.79. The molecule has 5 heterocycles. The molecule has 0 amide bonds. The van der Waals surface area contributed by atoms with Crippen LogP contribution in [0.15, 0.2) is 36.8 Å². The lowest BCUT2D eigenvalue weighted by Gasteiger charge is -2.33. The molecule has 1 fully saturated rings. The van der Waals surface area contributed by atoms with Gasteiger partial charge in [0.2, 0.25) is 0 Å². The molecule has 0 saturated carbocycles. The molecule has 4 aromatic heterocycles. The maximum absolute atomic E-state index is 5.14. The SMILES string of the molecule is Cn1nccc1C1CCN(c2nc(-c3cccnc3)nc3sc4c(c23)CCCC4)CC1. The van der Waals surface area contributed by atoms with Gasteiger partial charge < -0.3 is 4.90 Å². The van der Waals surface area contributed by atoms with Crippen molar-refractivity contribution in [3.63, 3.8) is 0 Å². The van der Waals surface area contributed by atoms with E-state index in [1.165, 1.54) is 40.8 Å². The number of pyridine rings is 1. The molecule has 2 aliphatic rings. The highest BCUT2D eigenvalue weighted by Crippen LogP contribution is 2.42. The van der Waals surface area contributed by atoms with E-state index in [-0.39, 0.29) is 0 Å². The van der Waals surface area contributed by atoms with Crippen LogP contribution in [0.1, 0.15) is 47.7 Å². The fraction of sp³-hybridized carbons (Fsp3) is 0.417. The molecule has 0 N–H and O–H groups in total. The summed E-state index contributed by atoms with van der Waals surface area (Å²) >= 11 is 1.88. The van der Waals surface area contributed by atoms with E-state index in [0.29, 0.717) is 5.92 Å². The van der Waals surface area contributed by atoms with Crippen molar-refractivity contribution in [3.05, 3.63) is 52.9 Å². The van der Waals surface area contributed by atoms with Gasteiger partial charge in [0.05, 0.1) is 5.39 Å². The number of fused-ring (bicyclic) bond motifs is 3. The van der Waals surface area contributed by atoms with Crippen LogP contribution in [-0.2, 0) is 19.9 Å². The van der Waals surface area contributed by atoms with Gasteiger partial charge in [0, 0.05) is 60.8 Å². The Kier molecular flexibility index (Phi) is 4.71. The van der Waals surface area contributed by atoms with Crippen LogP contribution >= 0.6 is 11.3 Å². The van der Waals surface area contributed by atoms with Crippen molar-refractivity contribution in [2.24, 2.45) is 7.05 Å². The Labute approximate surface area is 186 Å². The van der Waals surface area contributed by atoms with E-state index in [9.17, 15) is 0 Å². The topological polar surface area (TPSA) is 59.7 Å². The van der Waals surface area contributed by atoms with Crippen LogP contribution in [0.2, 0.25) is 0 Å². The van der Waals surface area contributed by atoms with Gasteiger partial charge in [0.15, 0.2) is 5.82 Å². The fourth-order valence-electron chi connectivity index (χ4n) is 5.16. The monoisotopic (exact) mass is 430 g/mol. The van der Waals surface area contributed by atoms with E-state index in [0.717, 1.165) is 54.4 Å². The maximum atomic E-state index is 5.14. The highest BCUT2D eigenvalue weighted by molar-refractivity contribution is 7.19. The molecule has 1 aliphatic heterocycles. The lowest BCUT2D eigenvalue weighted by atomic mass is 9.92. The Hall–Kier alpha value is -2.80. The van der Waals surface area contributed by atoms with Gasteiger partial charge in [-0.05, 0) is 62.3 Å². The molecule has 0 atom stereocenters. The van der Waals surface area contributed by atoms with Gasteiger partial charge in [0.25, 0.3) is 0 Å². The third-order valence-corrected chi connectivity index (χ3v) is 7.97. The second kappa shape index (κ2) is 7.71. The first-order valence-electron chi connectivity index (χ1n) is 11.2. The van der Waals surface area contributed by atoms with Crippen LogP contribution in [0, 0.1) is 0 Å². The molecule has 0 spiro atoms. The Morgan fingerprint density at radius 2 is 1.90 bits per heavy atom. The minimum Gasteiger partial charge on any atom is -0.356 e. The van der Waals surface area contributed by atoms with E-state index in [1.54, 1.807) is 6.20 Å². The van der Waals surface area contributed by atoms with Crippen molar-refractivity contribution < 1.29 is 0 Å². The van der Waals surface area contributed by atoms with Crippen molar-refractivity contribution in [3.8, 4) is 11.4 Å². The zero-order chi connectivity index (χ0) is 20.8. The van der Waals surface area contributed by atoms with Gasteiger partial charge in [-0.1, -0.05) is 0 Å². The standard InChI is InChI=1S/C24H26N6S/c1-29-19(8-12-26-29)16-9-13-30(14-10-16)23-21-18-6-2-3-7-20(18)31-24(21)28-22(27-23)17-5-4-11-25-15-17/h4-5,8,11-12,15-16H,2-3,6-7,9-10,13-14H2,1H3. The summed E-state index contributed by atoms with van der Waals surface area (Å²) in [6, 6.07) is 6.18. The zero-order valence-electron chi connectivity index (χ0n) is 17.8. The summed E-state index contributed by atoms with van der Waals surface area (Å²) in [6.45, 7) is 2.03. The highest BCUT2D eigenvalue weighted by atomic mass is 32.1. The molecule has 1 saturated heterocycles. The number of rotatable bonds is 3. The summed E-state index contributed by atoms with van der Waals surface area (Å²) in [5, 5.41) is 5.69. The molecular formula is C24H26N6S. The molecule has 4 aromatic rings. The first kappa shape index (κ1) is 18.9. The lowest BCUT2D eigenvalue weighted by molar-refractivity contribution is 0.476. The van der Waals surface area contributed by atoms with E-state index in [1.807, 2.05) is 41.5 Å². The maximum Gasteiger partial charge on any atom is 0.164 e. The molecule has 0 unspecified atom stereocenters. The Morgan fingerprint density at radius 1 is 1.03 bits per heavy atom. The largest absolute Gasteiger partial charge is 0.356 e. The van der Waals surface area contributed by atoms with Gasteiger partial charge in [-0.3, -0.25) is 9.67 Å². The first-order valence-corrected chi connectivity index (χ1v) is 12.0. The number of piperidine rings is 1. The van der Waals surface area contributed by atoms with E-state index < -0.39 is 0 Å². The smallest absolute Gasteiger partial charge is 0.164 e. The fourth-order valence-corrected chi connectivity index (χ4v) is 6.42. The summed E-state index contributed by atoms with van der Waals surface area (Å²) in [4.78, 5) is 19.6. The van der Waals surface area contributed by atoms with Crippen molar-refractivity contribution >= 4 is 27.4 Å². The van der Waals surface area contributed by atoms with Gasteiger partial charge in [-0.25, -0.2) is 9.97 Å². The zero-order valence-corrected chi connectivity index (χ0v) is 18.6. The quantitative estimate of drug-likeness (QED) is 0.469. The number of thiophene rings is 1. The van der Waals surface area contributed by atoms with Crippen LogP contribution in [0.5, 0.6) is 0 Å². The van der Waals surface area contributed by atoms with Gasteiger partial charge in [-0.15, -0.1) is 11.3 Å². The van der Waals surface area contributed by atoms with Gasteiger partial charge in [0.1, 0.15) is 10.6 Å². The van der Waals surface area contributed by atoms with E-state index >= 15 is 0 Å². The van der Waals surface area contributed by atoms with E-state index in [4.69, 9.17) is 9.97 Å². The molecule has 1 aliphatic carbocycles. The van der Waals surface area contributed by atoms with Crippen LogP contribution in [0.3, 0.4) is 0 Å². The Morgan fingerprint density at radius 3 is 2.68 bits per heavy atom. The molecule has 7 heteroatoms. The van der Waals surface area contributed by atoms with Crippen molar-refractivity contribution in [1.82, 2.24) is 24.7 Å². The van der Waals surface area contributed by atoms with Crippen LogP contribution in [0.4, 0.5) is 5.82 Å². The molecule has 0 bridgehead atoms. The van der Waals surface area contributed by atoms with Crippen molar-refractivity contribution in [2.45, 2.75) is 44.4 Å². The van der Waals surface area contributed by atoms with Crippen LogP contribution in [-0.4, -0.2) is 37.8 Å². The average molecular weight is 431 g/mol. The minimum absolute atomic E-state index is 0.565. The lowest BCUT2D eigenvalue weighted by Crippen LogP contribution is -2.34. The molecule has 158 valence electrons. The number of aryl methyl sites for hydroxylation is 3. The van der Waals surface area contributed by atoms with Crippen LogP contribution in [0.25, 0.3) is 21.6 Å². The number of hydrogen-bond donors (Lipinski definition) is 0. The summed E-state index contributed by atoms with van der Waals surface area (Å²) < 4.78 is 2.03. The molecule has 31 heavy (non-hydrogen) atoms. The average Bonchev–Trinajstić information content (AvgIpc) is 3.42. The minimum atomic E-state index is 0.565. The number of anilines is 1. The summed E-state index contributed by atoms with van der Waals surface area (Å²) in [6.07, 6.45) is 12.7. The van der Waals surface area contributed by atoms with Gasteiger partial charge in [-0.2, -0.15) is 5.10 Å². The second-order valence-corrected chi connectivity index (χ2v) is 9.73. The normalized spacial score (nSPS) is 17.3. The predicted octanol–water partition coefficient (Wildman–Crippen LogP) is 4.75. The van der Waals surface area contributed by atoms with E-state index in [2.05, 4.69) is 27.1 Å². The highest BCUT2D eigenvalue weighted by Gasteiger charge is 2.28. The molecule has 0 radical (unpaired) electrons. The predicted molar refractivity (Wildman–Crippen MR) is 125 cm³/mol. The van der Waals surface area contributed by atoms with Gasteiger partial charge >= 0.3 is 0 Å². The number of nitrogens with zero attached hydrogens (tertiary/aromatic N) is 6. The second-order valence-electron chi connectivity index (χ2n) is 8.64. The van der Waals surface area contributed by atoms with Crippen LogP contribution < -0.4 is 4.90 Å². The summed E-state index contributed by atoms with van der Waals surface area (Å²) in [5.41, 5.74) is 3.84. The molecule has 0 aromatic carbocycles. The summed E-state index contributed by atoms with van der Waals surface area (Å²) in [7, 11) is 2.05. The number of hydrogen-bond acceptors (Lipinski definition) is 6. The molecule has 6 rings (SSSR count). The third kappa shape index (κ3) is 3.31.